The number of imidazole rings is 1. The van der Waals surface area contributed by atoms with E-state index in [1.807, 2.05) is 23.9 Å². The molecule has 1 saturated heterocycles. The van der Waals surface area contributed by atoms with Crippen LogP contribution in [0.15, 0.2) is 42.9 Å². The second kappa shape index (κ2) is 5.85. The highest BCUT2D eigenvalue weighted by atomic mass is 15.2. The molecule has 0 radical (unpaired) electrons. The van der Waals surface area contributed by atoms with E-state index in [4.69, 9.17) is 5.26 Å². The molecule has 120 valence electrons. The number of nitrogens with one attached hydrogen (secondary N) is 1. The van der Waals surface area contributed by atoms with Crippen LogP contribution in [0.4, 0.5) is 0 Å². The van der Waals surface area contributed by atoms with E-state index >= 15 is 0 Å². The molecular formula is C18H18N6. The molecule has 1 unspecified atom stereocenters. The van der Waals surface area contributed by atoms with Gasteiger partial charge in [-0.25, -0.2) is 4.98 Å². The Kier molecular flexibility index (Phi) is 3.54. The summed E-state index contributed by atoms with van der Waals surface area (Å²) in [7, 11) is 1.97. The van der Waals surface area contributed by atoms with Crippen molar-refractivity contribution in [3.8, 4) is 28.7 Å². The van der Waals surface area contributed by atoms with E-state index in [1.54, 1.807) is 11.2 Å². The summed E-state index contributed by atoms with van der Waals surface area (Å²) < 4.78 is 1.94. The smallest absolute Gasteiger partial charge is 0.179 e. The van der Waals surface area contributed by atoms with Crippen LogP contribution in [0.25, 0.3) is 22.5 Å². The van der Waals surface area contributed by atoms with Gasteiger partial charge < -0.3 is 9.47 Å². The van der Waals surface area contributed by atoms with Gasteiger partial charge in [-0.2, -0.15) is 10.4 Å². The Balaban J connectivity index is 1.60. The summed E-state index contributed by atoms with van der Waals surface area (Å²) >= 11 is 0. The van der Waals surface area contributed by atoms with E-state index in [1.165, 1.54) is 0 Å². The topological polar surface area (TPSA) is 73.5 Å². The lowest BCUT2D eigenvalue weighted by atomic mass is 10.0. The second-order valence-corrected chi connectivity index (χ2v) is 6.24. The van der Waals surface area contributed by atoms with Crippen LogP contribution in [0.5, 0.6) is 0 Å². The minimum Gasteiger partial charge on any atom is -0.340 e. The molecule has 2 aromatic heterocycles. The number of likely N-dealkylation sites (tertiary alicyclic amines) is 1. The Morgan fingerprint density at radius 3 is 2.92 bits per heavy atom. The van der Waals surface area contributed by atoms with Crippen molar-refractivity contribution in [2.45, 2.75) is 12.3 Å². The van der Waals surface area contributed by atoms with E-state index in [0.29, 0.717) is 5.92 Å². The molecule has 3 heterocycles. The van der Waals surface area contributed by atoms with Crippen LogP contribution in [-0.4, -0.2) is 37.7 Å². The Morgan fingerprint density at radius 1 is 1.29 bits per heavy atom. The van der Waals surface area contributed by atoms with E-state index < -0.39 is 0 Å². The molecular weight excluding hydrogens is 300 g/mol. The lowest BCUT2D eigenvalue weighted by Gasteiger charge is -2.05. The Morgan fingerprint density at radius 2 is 2.17 bits per heavy atom. The zero-order chi connectivity index (χ0) is 16.5. The molecule has 0 amide bonds. The van der Waals surface area contributed by atoms with Gasteiger partial charge in [0.05, 0.1) is 23.4 Å². The largest absolute Gasteiger partial charge is 0.340 e. The summed E-state index contributed by atoms with van der Waals surface area (Å²) in [5.74, 6) is 0.327. The number of nitriles is 1. The van der Waals surface area contributed by atoms with Crippen LogP contribution in [0.1, 0.15) is 18.0 Å². The van der Waals surface area contributed by atoms with Gasteiger partial charge in [-0.15, -0.1) is 0 Å². The summed E-state index contributed by atoms with van der Waals surface area (Å²) in [4.78, 5) is 6.20. The number of aromatic nitrogens is 4. The zero-order valence-electron chi connectivity index (χ0n) is 13.5. The summed E-state index contributed by atoms with van der Waals surface area (Å²) in [6.45, 7) is 1.58. The number of hydrogen-bond acceptors (Lipinski definition) is 4. The van der Waals surface area contributed by atoms with Crippen molar-refractivity contribution >= 4 is 0 Å². The van der Waals surface area contributed by atoms with E-state index in [2.05, 4.69) is 45.6 Å². The molecule has 1 aromatic carbocycles. The van der Waals surface area contributed by atoms with Crippen molar-refractivity contribution < 1.29 is 0 Å². The molecule has 0 aliphatic carbocycles. The zero-order valence-corrected chi connectivity index (χ0v) is 13.5. The number of aryl methyl sites for hydroxylation is 1. The van der Waals surface area contributed by atoms with Gasteiger partial charge in [0.15, 0.2) is 6.19 Å². The number of aromatic amines is 1. The minimum absolute atomic E-state index is 0.327. The predicted molar refractivity (Wildman–Crippen MR) is 90.8 cm³/mol. The molecule has 6 nitrogen and oxygen atoms in total. The van der Waals surface area contributed by atoms with Crippen LogP contribution < -0.4 is 0 Å². The fourth-order valence-corrected chi connectivity index (χ4v) is 3.19. The van der Waals surface area contributed by atoms with Gasteiger partial charge in [0.1, 0.15) is 0 Å². The first-order valence-corrected chi connectivity index (χ1v) is 8.01. The molecule has 1 fully saturated rings. The van der Waals surface area contributed by atoms with E-state index in [0.717, 1.165) is 47.7 Å². The molecule has 4 rings (SSSR count). The monoisotopic (exact) mass is 318 g/mol. The van der Waals surface area contributed by atoms with Gasteiger partial charge >= 0.3 is 0 Å². The molecule has 6 heteroatoms. The van der Waals surface area contributed by atoms with E-state index in [9.17, 15) is 0 Å². The first kappa shape index (κ1) is 14.5. The van der Waals surface area contributed by atoms with Crippen LogP contribution in [0, 0.1) is 11.5 Å². The summed E-state index contributed by atoms with van der Waals surface area (Å²) in [5, 5.41) is 16.6. The van der Waals surface area contributed by atoms with Gasteiger partial charge in [-0.3, -0.25) is 5.10 Å². The standard InChI is InChI=1S/C18H18N6/c1-23-10-18(20-12-23)14-4-2-3-13(7-14)16-8-17(22-21-16)15-5-6-24(9-15)11-19/h2-4,7-8,10,12,15H,5-6,9H2,1H3,(H,21,22). The third-order valence-corrected chi connectivity index (χ3v) is 4.52. The minimum atomic E-state index is 0.327. The maximum atomic E-state index is 8.99. The first-order chi connectivity index (χ1) is 11.7. The third kappa shape index (κ3) is 2.65. The lowest BCUT2D eigenvalue weighted by Crippen LogP contribution is -2.12. The molecule has 1 aliphatic heterocycles. The van der Waals surface area contributed by atoms with E-state index in [-0.39, 0.29) is 0 Å². The fourth-order valence-electron chi connectivity index (χ4n) is 3.19. The third-order valence-electron chi connectivity index (χ3n) is 4.52. The fraction of sp³-hybridized carbons (Fsp3) is 0.278. The number of benzene rings is 1. The molecule has 1 atom stereocenters. The maximum Gasteiger partial charge on any atom is 0.179 e. The summed E-state index contributed by atoms with van der Waals surface area (Å²) in [6, 6.07) is 10.4. The van der Waals surface area contributed by atoms with Crippen LogP contribution in [-0.2, 0) is 7.05 Å². The van der Waals surface area contributed by atoms with Crippen LogP contribution in [0.3, 0.4) is 0 Å². The van der Waals surface area contributed by atoms with Crippen molar-refractivity contribution in [3.05, 3.63) is 48.5 Å². The molecule has 1 N–H and O–H groups in total. The van der Waals surface area contributed by atoms with Crippen molar-refractivity contribution in [2.24, 2.45) is 7.05 Å². The van der Waals surface area contributed by atoms with Crippen molar-refractivity contribution in [1.82, 2.24) is 24.6 Å². The van der Waals surface area contributed by atoms with Crippen molar-refractivity contribution in [1.29, 1.82) is 5.26 Å². The molecule has 0 bridgehead atoms. The maximum absolute atomic E-state index is 8.99. The van der Waals surface area contributed by atoms with Gasteiger partial charge in [0.25, 0.3) is 0 Å². The van der Waals surface area contributed by atoms with Gasteiger partial charge in [-0.1, -0.05) is 18.2 Å². The normalized spacial score (nSPS) is 17.2. The lowest BCUT2D eigenvalue weighted by molar-refractivity contribution is 0.478. The summed E-state index contributed by atoms with van der Waals surface area (Å²) in [5.41, 5.74) is 5.16. The number of H-pyrrole nitrogens is 1. The highest BCUT2D eigenvalue weighted by Gasteiger charge is 2.25. The predicted octanol–water partition coefficient (Wildman–Crippen LogP) is 2.75. The van der Waals surface area contributed by atoms with Gasteiger partial charge in [-0.05, 0) is 18.6 Å². The first-order valence-electron chi connectivity index (χ1n) is 8.01. The van der Waals surface area contributed by atoms with Crippen LogP contribution >= 0.6 is 0 Å². The molecule has 0 saturated carbocycles. The average molecular weight is 318 g/mol. The van der Waals surface area contributed by atoms with Crippen molar-refractivity contribution in [2.75, 3.05) is 13.1 Å². The van der Waals surface area contributed by atoms with Gasteiger partial charge in [0, 0.05) is 43.4 Å². The highest BCUT2D eigenvalue weighted by molar-refractivity contribution is 5.69. The molecule has 1 aliphatic rings. The number of hydrogen-bond donors (Lipinski definition) is 1. The number of nitrogens with zero attached hydrogens (tertiary/aromatic N) is 5. The SMILES string of the molecule is Cn1cnc(-c2cccc(-c3cc(C4CCN(C#N)C4)n[nH]3)c2)c1. The van der Waals surface area contributed by atoms with Crippen molar-refractivity contribution in [3.63, 3.8) is 0 Å². The quantitative estimate of drug-likeness (QED) is 0.754. The molecule has 3 aromatic rings. The Hall–Kier alpha value is -3.07. The number of rotatable bonds is 3. The highest BCUT2D eigenvalue weighted by Crippen LogP contribution is 2.29. The Bertz CT molecular complexity index is 900. The second-order valence-electron chi connectivity index (χ2n) is 6.24. The van der Waals surface area contributed by atoms with Crippen LogP contribution in [0.2, 0.25) is 0 Å². The van der Waals surface area contributed by atoms with Gasteiger partial charge in [0.2, 0.25) is 0 Å². The summed E-state index contributed by atoms with van der Waals surface area (Å²) in [6.07, 6.45) is 7.00. The average Bonchev–Trinajstić information content (AvgIpc) is 3.34. The Labute approximate surface area is 140 Å². The molecule has 24 heavy (non-hydrogen) atoms. The molecule has 0 spiro atoms.